The van der Waals surface area contributed by atoms with E-state index >= 15 is 0 Å². The fourth-order valence-electron chi connectivity index (χ4n) is 5.32. The third kappa shape index (κ3) is 4.66. The first-order valence-corrected chi connectivity index (χ1v) is 13.5. The molecule has 1 saturated carbocycles. The van der Waals surface area contributed by atoms with Crippen molar-refractivity contribution in [3.05, 3.63) is 53.6 Å². The Bertz CT molecular complexity index is 1130. The van der Waals surface area contributed by atoms with Crippen LogP contribution < -0.4 is 15.0 Å². The summed E-state index contributed by atoms with van der Waals surface area (Å²) in [4.78, 5) is 15.9. The van der Waals surface area contributed by atoms with E-state index in [1.54, 1.807) is 19.2 Å². The van der Waals surface area contributed by atoms with Gasteiger partial charge in [-0.3, -0.25) is 4.79 Å². The van der Waals surface area contributed by atoms with Crippen molar-refractivity contribution >= 4 is 21.6 Å². The fraction of sp³-hybridized carbons (Fsp3) is 0.500. The molecule has 34 heavy (non-hydrogen) atoms. The molecule has 184 valence electrons. The lowest BCUT2D eigenvalue weighted by molar-refractivity contribution is 0.0943. The lowest BCUT2D eigenvalue weighted by atomic mass is 9.78. The number of rotatable bonds is 8. The number of methoxy groups -OCH3 is 1. The van der Waals surface area contributed by atoms with Crippen LogP contribution in [0.3, 0.4) is 0 Å². The zero-order chi connectivity index (χ0) is 24.3. The smallest absolute Gasteiger partial charge is 0.253 e. The number of nitrogens with zero attached hydrogens (tertiary/aromatic N) is 2. The molecule has 0 bridgehead atoms. The summed E-state index contributed by atoms with van der Waals surface area (Å²) in [5.74, 6) is 0.606. The number of amides is 1. The molecule has 7 nitrogen and oxygen atoms in total. The Hall–Kier alpha value is -2.58. The van der Waals surface area contributed by atoms with Crippen molar-refractivity contribution in [1.82, 2.24) is 9.62 Å². The van der Waals surface area contributed by atoms with Crippen LogP contribution in [0.15, 0.2) is 47.4 Å². The van der Waals surface area contributed by atoms with E-state index in [1.165, 1.54) is 24.5 Å². The van der Waals surface area contributed by atoms with Crippen LogP contribution in [-0.2, 0) is 15.4 Å². The lowest BCUT2D eigenvalue weighted by Crippen LogP contribution is -2.40. The summed E-state index contributed by atoms with van der Waals surface area (Å²) in [5, 5.41) is 3.17. The summed E-state index contributed by atoms with van der Waals surface area (Å²) in [7, 11) is 1.03. The number of carbonyl (C=O) groups excluding carboxylic acids is 1. The van der Waals surface area contributed by atoms with Crippen LogP contribution in [0, 0.1) is 0 Å². The second-order valence-electron chi connectivity index (χ2n) is 9.53. The normalized spacial score (nSPS) is 17.8. The second kappa shape index (κ2) is 9.96. The number of benzene rings is 2. The van der Waals surface area contributed by atoms with Crippen LogP contribution in [0.25, 0.3) is 0 Å². The van der Waals surface area contributed by atoms with E-state index in [1.807, 2.05) is 18.2 Å². The number of ether oxygens (including phenoxy) is 1. The van der Waals surface area contributed by atoms with Crippen molar-refractivity contribution in [1.29, 1.82) is 0 Å². The van der Waals surface area contributed by atoms with Gasteiger partial charge in [-0.25, -0.2) is 12.7 Å². The van der Waals surface area contributed by atoms with Gasteiger partial charge in [0, 0.05) is 50.4 Å². The molecule has 1 N–H and O–H groups in total. The Kier molecular flexibility index (Phi) is 7.19. The first kappa shape index (κ1) is 24.5. The maximum Gasteiger partial charge on any atom is 0.253 e. The Morgan fingerprint density at radius 1 is 1.06 bits per heavy atom. The van der Waals surface area contributed by atoms with Gasteiger partial charge in [-0.1, -0.05) is 31.0 Å². The van der Waals surface area contributed by atoms with Gasteiger partial charge in [-0.15, -0.1) is 0 Å². The summed E-state index contributed by atoms with van der Waals surface area (Å²) >= 11 is 0. The highest BCUT2D eigenvalue weighted by molar-refractivity contribution is 7.89. The van der Waals surface area contributed by atoms with Gasteiger partial charge >= 0.3 is 0 Å². The average Bonchev–Trinajstić information content (AvgIpc) is 3.55. The number of carbonyl (C=O) groups is 1. The minimum atomic E-state index is -3.65. The first-order valence-electron chi connectivity index (χ1n) is 12.0. The highest BCUT2D eigenvalue weighted by Crippen LogP contribution is 2.44. The maximum atomic E-state index is 13.6. The second-order valence-corrected chi connectivity index (χ2v) is 11.7. The monoisotopic (exact) mass is 485 g/mol. The maximum absolute atomic E-state index is 13.6. The van der Waals surface area contributed by atoms with Gasteiger partial charge in [0.25, 0.3) is 5.91 Å². The Balaban J connectivity index is 1.66. The number of anilines is 1. The SMILES string of the molecule is COc1ccccc1C1(CNC(=O)c2cc(S(=O)(=O)N(C)C)ccc2N2CCCC2)CCCC1. The van der Waals surface area contributed by atoms with E-state index in [0.29, 0.717) is 12.1 Å². The molecule has 0 spiro atoms. The van der Waals surface area contributed by atoms with Crippen molar-refractivity contribution < 1.29 is 17.9 Å². The Morgan fingerprint density at radius 2 is 1.74 bits per heavy atom. The van der Waals surface area contributed by atoms with Gasteiger partial charge in [-0.05, 0) is 49.9 Å². The van der Waals surface area contributed by atoms with Crippen molar-refractivity contribution in [2.45, 2.75) is 48.8 Å². The van der Waals surface area contributed by atoms with Gasteiger partial charge in [0.2, 0.25) is 10.0 Å². The van der Waals surface area contributed by atoms with Crippen molar-refractivity contribution in [3.63, 3.8) is 0 Å². The van der Waals surface area contributed by atoms with Crippen LogP contribution in [0.2, 0.25) is 0 Å². The first-order chi connectivity index (χ1) is 16.3. The molecule has 1 aliphatic heterocycles. The van der Waals surface area contributed by atoms with E-state index in [-0.39, 0.29) is 16.2 Å². The quantitative estimate of drug-likeness (QED) is 0.616. The molecule has 2 aromatic rings. The molecule has 1 heterocycles. The summed E-state index contributed by atoms with van der Waals surface area (Å²) in [6, 6.07) is 13.0. The Morgan fingerprint density at radius 3 is 2.38 bits per heavy atom. The van der Waals surface area contributed by atoms with Crippen molar-refractivity contribution in [2.75, 3.05) is 45.7 Å². The number of hydrogen-bond acceptors (Lipinski definition) is 5. The molecule has 2 aliphatic rings. The molecule has 4 rings (SSSR count). The Labute approximate surface area is 203 Å². The van der Waals surface area contributed by atoms with E-state index < -0.39 is 10.0 Å². The summed E-state index contributed by atoms with van der Waals surface area (Å²) in [6.45, 7) is 2.22. The minimum absolute atomic E-state index is 0.130. The molecular weight excluding hydrogens is 450 g/mol. The molecule has 1 aliphatic carbocycles. The van der Waals surface area contributed by atoms with E-state index in [9.17, 15) is 13.2 Å². The van der Waals surface area contributed by atoms with Gasteiger partial charge in [0.05, 0.1) is 17.6 Å². The third-order valence-electron chi connectivity index (χ3n) is 7.26. The molecule has 0 aromatic heterocycles. The molecule has 0 atom stereocenters. The number of hydrogen-bond donors (Lipinski definition) is 1. The van der Waals surface area contributed by atoms with Gasteiger partial charge in [0.15, 0.2) is 0 Å². The van der Waals surface area contributed by atoms with Crippen molar-refractivity contribution in [2.24, 2.45) is 0 Å². The summed E-state index contributed by atoms with van der Waals surface area (Å²) in [5.41, 5.74) is 2.14. The van der Waals surface area contributed by atoms with Crippen LogP contribution >= 0.6 is 0 Å². The highest BCUT2D eigenvalue weighted by atomic mass is 32.2. The number of sulfonamides is 1. The molecule has 2 fully saturated rings. The van der Waals surface area contributed by atoms with Crippen LogP contribution in [-0.4, -0.2) is 59.5 Å². The topological polar surface area (TPSA) is 78.9 Å². The van der Waals surface area contributed by atoms with Crippen LogP contribution in [0.5, 0.6) is 5.75 Å². The highest BCUT2D eigenvalue weighted by Gasteiger charge is 2.38. The predicted molar refractivity (Wildman–Crippen MR) is 134 cm³/mol. The molecular formula is C26H35N3O4S. The van der Waals surface area contributed by atoms with Gasteiger partial charge < -0.3 is 15.0 Å². The summed E-state index contributed by atoms with van der Waals surface area (Å²) in [6.07, 6.45) is 6.28. The van der Waals surface area contributed by atoms with E-state index in [4.69, 9.17) is 4.74 Å². The van der Waals surface area contributed by atoms with E-state index in [2.05, 4.69) is 16.3 Å². The molecule has 1 saturated heterocycles. The number of para-hydroxylation sites is 1. The minimum Gasteiger partial charge on any atom is -0.496 e. The predicted octanol–water partition coefficient (Wildman–Crippen LogP) is 3.79. The van der Waals surface area contributed by atoms with Gasteiger partial charge in [0.1, 0.15) is 5.75 Å². The van der Waals surface area contributed by atoms with Crippen LogP contribution in [0.1, 0.15) is 54.4 Å². The molecule has 1 amide bonds. The van der Waals surface area contributed by atoms with Gasteiger partial charge in [-0.2, -0.15) is 0 Å². The third-order valence-corrected chi connectivity index (χ3v) is 9.08. The van der Waals surface area contributed by atoms with E-state index in [0.717, 1.165) is 68.6 Å². The average molecular weight is 486 g/mol. The molecule has 0 unspecified atom stereocenters. The largest absolute Gasteiger partial charge is 0.496 e. The van der Waals surface area contributed by atoms with Crippen molar-refractivity contribution in [3.8, 4) is 5.75 Å². The number of nitrogens with one attached hydrogen (secondary N) is 1. The van der Waals surface area contributed by atoms with Crippen LogP contribution in [0.4, 0.5) is 5.69 Å². The molecule has 8 heteroatoms. The fourth-order valence-corrected chi connectivity index (χ4v) is 6.25. The lowest BCUT2D eigenvalue weighted by Gasteiger charge is -2.31. The standard InChI is InChI=1S/C26H35N3O4S/c1-28(2)34(31,32)20-12-13-23(29-16-8-9-17-29)21(18-20)25(30)27-19-26(14-6-7-15-26)22-10-4-5-11-24(22)33-3/h4-5,10-13,18H,6-9,14-17,19H2,1-3H3,(H,27,30). The zero-order valence-electron chi connectivity index (χ0n) is 20.3. The zero-order valence-corrected chi connectivity index (χ0v) is 21.2. The molecule has 2 aromatic carbocycles. The summed E-state index contributed by atoms with van der Waals surface area (Å²) < 4.78 is 32.4. The molecule has 0 radical (unpaired) electrons.